The Morgan fingerprint density at radius 1 is 1.24 bits per heavy atom. The first-order valence-corrected chi connectivity index (χ1v) is 7.40. The molecule has 17 heavy (non-hydrogen) atoms. The van der Waals surface area contributed by atoms with Crippen LogP contribution in [-0.2, 0) is 0 Å². The molecule has 4 heteroatoms. The van der Waals surface area contributed by atoms with Gasteiger partial charge in [-0.1, -0.05) is 39.5 Å². The van der Waals surface area contributed by atoms with Crippen LogP contribution in [0.5, 0.6) is 0 Å². The Hall–Kier alpha value is -0.510. The maximum Gasteiger partial charge on any atom is 0.281 e. The van der Waals surface area contributed by atoms with E-state index >= 15 is 0 Å². The van der Waals surface area contributed by atoms with E-state index in [-0.39, 0.29) is 5.56 Å². The van der Waals surface area contributed by atoms with Gasteiger partial charge in [-0.05, 0) is 34.7 Å². The van der Waals surface area contributed by atoms with Crippen LogP contribution in [0, 0.1) is 0 Å². The molecule has 1 fully saturated rings. The van der Waals surface area contributed by atoms with Crippen LogP contribution in [-0.4, -0.2) is 9.78 Å². The number of rotatable bonds is 2. The SMILES string of the molecule is CC(C)c1[nH]n(C2CCCCCC2)c(=O)c1Br. The molecule has 1 saturated carbocycles. The molecule has 0 spiro atoms. The fourth-order valence-corrected chi connectivity index (χ4v) is 3.34. The van der Waals surface area contributed by atoms with Crippen LogP contribution in [0.4, 0.5) is 0 Å². The predicted octanol–water partition coefficient (Wildman–Crippen LogP) is 3.96. The summed E-state index contributed by atoms with van der Waals surface area (Å²) in [7, 11) is 0. The highest BCUT2D eigenvalue weighted by Gasteiger charge is 2.21. The second kappa shape index (κ2) is 5.42. The van der Waals surface area contributed by atoms with Crippen molar-refractivity contribution in [1.82, 2.24) is 9.78 Å². The lowest BCUT2D eigenvalue weighted by Crippen LogP contribution is -2.22. The summed E-state index contributed by atoms with van der Waals surface area (Å²) in [4.78, 5) is 12.2. The van der Waals surface area contributed by atoms with Crippen molar-refractivity contribution >= 4 is 15.9 Å². The highest BCUT2D eigenvalue weighted by atomic mass is 79.9. The second-order valence-electron chi connectivity index (χ2n) is 5.31. The van der Waals surface area contributed by atoms with Crippen LogP contribution >= 0.6 is 15.9 Å². The Kier molecular flexibility index (Phi) is 4.13. The molecule has 0 aromatic carbocycles. The lowest BCUT2D eigenvalue weighted by atomic mass is 10.1. The van der Waals surface area contributed by atoms with E-state index in [1.807, 2.05) is 4.68 Å². The van der Waals surface area contributed by atoms with E-state index in [4.69, 9.17) is 0 Å². The van der Waals surface area contributed by atoms with Crippen molar-refractivity contribution in [3.05, 3.63) is 20.5 Å². The minimum absolute atomic E-state index is 0.112. The van der Waals surface area contributed by atoms with Gasteiger partial charge in [0, 0.05) is 0 Å². The quantitative estimate of drug-likeness (QED) is 0.825. The van der Waals surface area contributed by atoms with Crippen molar-refractivity contribution in [2.45, 2.75) is 64.3 Å². The van der Waals surface area contributed by atoms with Gasteiger partial charge in [0.2, 0.25) is 0 Å². The van der Waals surface area contributed by atoms with Crippen molar-refractivity contribution < 1.29 is 0 Å². The molecule has 0 bridgehead atoms. The first-order chi connectivity index (χ1) is 8.11. The number of H-pyrrole nitrogens is 1. The summed E-state index contributed by atoms with van der Waals surface area (Å²) in [5, 5.41) is 3.30. The van der Waals surface area contributed by atoms with Gasteiger partial charge in [-0.3, -0.25) is 9.89 Å². The lowest BCUT2D eigenvalue weighted by molar-refractivity contribution is 0.392. The minimum atomic E-state index is 0.112. The topological polar surface area (TPSA) is 37.8 Å². The Morgan fingerprint density at radius 3 is 2.29 bits per heavy atom. The molecule has 3 nitrogen and oxygen atoms in total. The van der Waals surface area contributed by atoms with Gasteiger partial charge in [0.05, 0.1) is 11.7 Å². The first kappa shape index (κ1) is 12.9. The molecular formula is C13H21BrN2O. The van der Waals surface area contributed by atoms with Crippen molar-refractivity contribution in [3.8, 4) is 0 Å². The molecule has 1 aromatic rings. The van der Waals surface area contributed by atoms with E-state index in [1.54, 1.807) is 0 Å². The highest BCUT2D eigenvalue weighted by Crippen LogP contribution is 2.28. The van der Waals surface area contributed by atoms with Crippen LogP contribution in [0.25, 0.3) is 0 Å². The average Bonchev–Trinajstić information content (AvgIpc) is 2.52. The normalized spacial score (nSPS) is 18.6. The van der Waals surface area contributed by atoms with E-state index < -0.39 is 0 Å². The zero-order valence-electron chi connectivity index (χ0n) is 10.6. The fraction of sp³-hybridized carbons (Fsp3) is 0.769. The van der Waals surface area contributed by atoms with Crippen molar-refractivity contribution in [2.24, 2.45) is 0 Å². The van der Waals surface area contributed by atoms with Gasteiger partial charge in [-0.25, -0.2) is 4.68 Å². The van der Waals surface area contributed by atoms with Crippen LogP contribution in [0.2, 0.25) is 0 Å². The number of nitrogens with zero attached hydrogens (tertiary/aromatic N) is 1. The minimum Gasteiger partial charge on any atom is -0.298 e. The van der Waals surface area contributed by atoms with Crippen LogP contribution in [0.1, 0.15) is 70.0 Å². The molecule has 0 amide bonds. The lowest BCUT2D eigenvalue weighted by Gasteiger charge is -2.15. The summed E-state index contributed by atoms with van der Waals surface area (Å²) in [6, 6.07) is 0.369. The van der Waals surface area contributed by atoms with Gasteiger partial charge in [0.15, 0.2) is 0 Å². The monoisotopic (exact) mass is 300 g/mol. The van der Waals surface area contributed by atoms with E-state index in [2.05, 4.69) is 34.9 Å². The van der Waals surface area contributed by atoms with Gasteiger partial charge in [-0.2, -0.15) is 0 Å². The maximum absolute atomic E-state index is 12.2. The molecule has 0 atom stereocenters. The largest absolute Gasteiger partial charge is 0.298 e. The molecule has 0 unspecified atom stereocenters. The zero-order chi connectivity index (χ0) is 12.4. The summed E-state index contributed by atoms with van der Waals surface area (Å²) in [6.07, 6.45) is 7.36. The maximum atomic E-state index is 12.2. The second-order valence-corrected chi connectivity index (χ2v) is 6.11. The number of hydrogen-bond donors (Lipinski definition) is 1. The summed E-state index contributed by atoms with van der Waals surface area (Å²) in [5.41, 5.74) is 1.14. The van der Waals surface area contributed by atoms with Crippen molar-refractivity contribution in [1.29, 1.82) is 0 Å². The van der Waals surface area contributed by atoms with Gasteiger partial charge in [0.25, 0.3) is 5.56 Å². The molecule has 0 radical (unpaired) electrons. The zero-order valence-corrected chi connectivity index (χ0v) is 12.2. The van der Waals surface area contributed by atoms with E-state index in [0.717, 1.165) is 23.0 Å². The first-order valence-electron chi connectivity index (χ1n) is 6.61. The van der Waals surface area contributed by atoms with E-state index in [9.17, 15) is 4.79 Å². The van der Waals surface area contributed by atoms with Gasteiger partial charge < -0.3 is 0 Å². The number of halogens is 1. The Morgan fingerprint density at radius 2 is 1.82 bits per heavy atom. The van der Waals surface area contributed by atoms with Gasteiger partial charge in [0.1, 0.15) is 4.47 Å². The molecule has 1 N–H and O–H groups in total. The molecule has 0 saturated heterocycles. The molecular weight excluding hydrogens is 280 g/mol. The molecule has 2 rings (SSSR count). The predicted molar refractivity (Wildman–Crippen MR) is 73.6 cm³/mol. The van der Waals surface area contributed by atoms with Crippen LogP contribution < -0.4 is 5.56 Å². The van der Waals surface area contributed by atoms with Crippen LogP contribution in [0.15, 0.2) is 9.27 Å². The Labute approximate surface area is 111 Å². The standard InChI is InChI=1S/C13H21BrN2O/c1-9(2)12-11(14)13(17)16(15-12)10-7-5-3-4-6-8-10/h9-10,15H,3-8H2,1-2H3. The van der Waals surface area contributed by atoms with Crippen molar-refractivity contribution in [2.75, 3.05) is 0 Å². The summed E-state index contributed by atoms with van der Waals surface area (Å²) in [6.45, 7) is 4.21. The third-order valence-electron chi connectivity index (χ3n) is 3.65. The molecule has 1 heterocycles. The number of aromatic nitrogens is 2. The molecule has 1 aliphatic carbocycles. The highest BCUT2D eigenvalue weighted by molar-refractivity contribution is 9.10. The summed E-state index contributed by atoms with van der Waals surface area (Å²) in [5.74, 6) is 0.351. The van der Waals surface area contributed by atoms with Gasteiger partial charge >= 0.3 is 0 Å². The summed E-state index contributed by atoms with van der Waals surface area (Å²) < 4.78 is 2.57. The van der Waals surface area contributed by atoms with Crippen LogP contribution in [0.3, 0.4) is 0 Å². The van der Waals surface area contributed by atoms with Gasteiger partial charge in [-0.15, -0.1) is 0 Å². The fourth-order valence-electron chi connectivity index (χ4n) is 2.61. The number of nitrogens with one attached hydrogen (secondary N) is 1. The number of aromatic amines is 1. The van der Waals surface area contributed by atoms with E-state index in [1.165, 1.54) is 25.7 Å². The third-order valence-corrected chi connectivity index (χ3v) is 4.42. The number of hydrogen-bond acceptors (Lipinski definition) is 1. The molecule has 0 aliphatic heterocycles. The third kappa shape index (κ3) is 2.67. The Bertz CT molecular complexity index is 425. The Balaban J connectivity index is 2.31. The average molecular weight is 301 g/mol. The molecule has 1 aromatic heterocycles. The molecule has 96 valence electrons. The smallest absolute Gasteiger partial charge is 0.281 e. The summed E-state index contributed by atoms with van der Waals surface area (Å²) >= 11 is 3.42. The molecule has 1 aliphatic rings. The van der Waals surface area contributed by atoms with E-state index in [0.29, 0.717) is 12.0 Å². The van der Waals surface area contributed by atoms with Crippen molar-refractivity contribution in [3.63, 3.8) is 0 Å².